The first-order chi connectivity index (χ1) is 16.4. The summed E-state index contributed by atoms with van der Waals surface area (Å²) in [5.74, 6) is 0.0546. The molecule has 0 aromatic heterocycles. The van der Waals surface area contributed by atoms with E-state index in [4.69, 9.17) is 5.14 Å². The van der Waals surface area contributed by atoms with E-state index in [1.165, 1.54) is 31.2 Å². The van der Waals surface area contributed by atoms with Crippen LogP contribution in [-0.4, -0.2) is 44.1 Å². The Morgan fingerprint density at radius 2 is 2.00 bits per heavy atom. The van der Waals surface area contributed by atoms with Crippen LogP contribution in [-0.2, 0) is 21.4 Å². The molecular weight excluding hydrogens is 485 g/mol. The van der Waals surface area contributed by atoms with Gasteiger partial charge in [-0.05, 0) is 42.7 Å². The third kappa shape index (κ3) is 5.92. The zero-order chi connectivity index (χ0) is 25.4. The lowest BCUT2D eigenvalue weighted by Gasteiger charge is -2.27. The van der Waals surface area contributed by atoms with Crippen LogP contribution in [0.15, 0.2) is 69.5 Å². The first-order valence-corrected chi connectivity index (χ1v) is 12.4. The number of guanidine groups is 1. The lowest BCUT2D eigenvalue weighted by atomic mass is 9.95. The number of carbonyl (C=O) groups excluding carboxylic acids is 1. The molecule has 2 heterocycles. The number of primary sulfonamides is 1. The normalized spacial score (nSPS) is 22.4. The van der Waals surface area contributed by atoms with E-state index in [0.717, 1.165) is 18.2 Å². The van der Waals surface area contributed by atoms with Gasteiger partial charge in [0.1, 0.15) is 11.9 Å². The van der Waals surface area contributed by atoms with Crippen LogP contribution in [0.3, 0.4) is 0 Å². The molecular formula is C22H25F3N6O3S. The fraction of sp³-hybridized carbons (Fsp3) is 0.364. The zero-order valence-electron chi connectivity index (χ0n) is 18.8. The first-order valence-electron chi connectivity index (χ1n) is 10.9. The second-order valence-corrected chi connectivity index (χ2v) is 10.0. The third-order valence-corrected chi connectivity index (χ3v) is 6.85. The first kappa shape index (κ1) is 24.9. The Labute approximate surface area is 200 Å². The lowest BCUT2D eigenvalue weighted by molar-refractivity contribution is -0.126. The third-order valence-electron chi connectivity index (χ3n) is 5.92. The Bertz CT molecular complexity index is 1240. The molecule has 0 spiro atoms. The second-order valence-electron chi connectivity index (χ2n) is 8.44. The molecule has 0 saturated carbocycles. The summed E-state index contributed by atoms with van der Waals surface area (Å²) in [7, 11) is -3.84. The predicted octanol–water partition coefficient (Wildman–Crippen LogP) is 1.78. The van der Waals surface area contributed by atoms with E-state index in [-0.39, 0.29) is 29.2 Å². The maximum absolute atomic E-state index is 13.5. The number of fused-ring (bicyclic) bond motifs is 1. The number of aliphatic imine (C=N–C) groups is 1. The summed E-state index contributed by atoms with van der Waals surface area (Å²) in [4.78, 5) is 17.8. The molecule has 0 radical (unpaired) electrons. The molecule has 9 nitrogen and oxygen atoms in total. The van der Waals surface area contributed by atoms with Gasteiger partial charge in [0.15, 0.2) is 0 Å². The van der Waals surface area contributed by atoms with E-state index < -0.39 is 28.1 Å². The molecule has 13 heteroatoms. The van der Waals surface area contributed by atoms with Gasteiger partial charge in [0.25, 0.3) is 0 Å². The van der Waals surface area contributed by atoms with Crippen molar-refractivity contribution in [2.24, 2.45) is 16.0 Å². The number of hydrogen-bond donors (Lipinski definition) is 4. The number of benzene rings is 1. The van der Waals surface area contributed by atoms with Crippen LogP contribution in [0.5, 0.6) is 0 Å². The minimum atomic E-state index is -4.62. The number of hydrogen-bond acceptors (Lipinski definition) is 7. The Kier molecular flexibility index (Phi) is 6.75. The number of halogens is 3. The molecule has 1 aromatic rings. The average molecular weight is 511 g/mol. The molecule has 2 aliphatic heterocycles. The van der Waals surface area contributed by atoms with Crippen molar-refractivity contribution in [3.05, 3.63) is 65.1 Å². The van der Waals surface area contributed by atoms with Crippen molar-refractivity contribution < 1.29 is 26.4 Å². The Hall–Kier alpha value is -3.16. The maximum Gasteiger partial charge on any atom is 0.431 e. The van der Waals surface area contributed by atoms with Gasteiger partial charge in [-0.15, -0.1) is 0 Å². The van der Waals surface area contributed by atoms with Crippen LogP contribution >= 0.6 is 0 Å². The van der Waals surface area contributed by atoms with E-state index >= 15 is 0 Å². The molecule has 35 heavy (non-hydrogen) atoms. The van der Waals surface area contributed by atoms with Crippen LogP contribution in [0, 0.1) is 5.92 Å². The van der Waals surface area contributed by atoms with Gasteiger partial charge in [0, 0.05) is 37.3 Å². The van der Waals surface area contributed by atoms with E-state index in [1.54, 1.807) is 11.0 Å². The van der Waals surface area contributed by atoms with Crippen molar-refractivity contribution in [2.45, 2.75) is 43.5 Å². The summed E-state index contributed by atoms with van der Waals surface area (Å²) in [6.45, 7) is 2.24. The van der Waals surface area contributed by atoms with Crippen molar-refractivity contribution in [1.29, 1.82) is 0 Å². The zero-order valence-corrected chi connectivity index (χ0v) is 19.6. The smallest absolute Gasteiger partial charge is 0.326 e. The number of likely N-dealkylation sites (tertiary alicyclic amines) is 1. The van der Waals surface area contributed by atoms with Crippen molar-refractivity contribution in [2.75, 3.05) is 6.54 Å². The number of rotatable bonds is 5. The van der Waals surface area contributed by atoms with Gasteiger partial charge in [0.2, 0.25) is 21.9 Å². The standard InChI is InChI=1S/C22H25F3N6O3S/c1-13(32)31-9-8-15-4-5-16(10-18(15)31)28-21-29-19(22(23,24)25)11-20(30-21)27-12-14-2-6-17(7-3-14)35(26,33)34/h2-3,5-7,10-11,15,20,27H,4,8-9,12H2,1H3,(H2,26,33,34)(H2,28,29,30). The summed E-state index contributed by atoms with van der Waals surface area (Å²) >= 11 is 0. The SMILES string of the molecule is CC(=O)N1CCC2CC=C(NC3=NC(NCc4ccc(S(N)(=O)=O)cc4)C=C(C(F)(F)F)N3)C=C21. The average Bonchev–Trinajstić information content (AvgIpc) is 3.20. The van der Waals surface area contributed by atoms with E-state index in [2.05, 4.69) is 20.9 Å². The monoisotopic (exact) mass is 510 g/mol. The minimum absolute atomic E-state index is 0.0606. The van der Waals surface area contributed by atoms with E-state index in [0.29, 0.717) is 24.2 Å². The molecule has 1 fully saturated rings. The predicted molar refractivity (Wildman–Crippen MR) is 123 cm³/mol. The number of nitrogens with two attached hydrogens (primary N) is 1. The molecule has 3 aliphatic rings. The number of sulfonamides is 1. The molecule has 1 saturated heterocycles. The van der Waals surface area contributed by atoms with Crippen molar-refractivity contribution in [3.63, 3.8) is 0 Å². The number of nitrogens with one attached hydrogen (secondary N) is 3. The molecule has 1 aromatic carbocycles. The minimum Gasteiger partial charge on any atom is -0.326 e. The number of nitrogens with zero attached hydrogens (tertiary/aromatic N) is 2. The number of carbonyl (C=O) groups is 1. The lowest BCUT2D eigenvalue weighted by Crippen LogP contribution is -2.46. The van der Waals surface area contributed by atoms with Crippen LogP contribution in [0.4, 0.5) is 13.2 Å². The van der Waals surface area contributed by atoms with Gasteiger partial charge in [0.05, 0.1) is 4.90 Å². The van der Waals surface area contributed by atoms with Gasteiger partial charge < -0.3 is 15.5 Å². The fourth-order valence-corrected chi connectivity index (χ4v) is 4.67. The molecule has 188 valence electrons. The van der Waals surface area contributed by atoms with Gasteiger partial charge in [-0.25, -0.2) is 18.5 Å². The summed E-state index contributed by atoms with van der Waals surface area (Å²) < 4.78 is 63.3. The van der Waals surface area contributed by atoms with Crippen LogP contribution in [0.1, 0.15) is 25.3 Å². The van der Waals surface area contributed by atoms with Gasteiger partial charge in [-0.1, -0.05) is 18.2 Å². The highest BCUT2D eigenvalue weighted by Crippen LogP contribution is 2.35. The van der Waals surface area contributed by atoms with Crippen LogP contribution < -0.4 is 21.1 Å². The Morgan fingerprint density at radius 3 is 2.63 bits per heavy atom. The quantitative estimate of drug-likeness (QED) is 0.478. The molecule has 1 amide bonds. The summed E-state index contributed by atoms with van der Waals surface area (Å²) in [6.07, 6.45) is 0.474. The van der Waals surface area contributed by atoms with Crippen molar-refractivity contribution >= 4 is 21.9 Å². The van der Waals surface area contributed by atoms with Gasteiger partial charge >= 0.3 is 6.18 Å². The van der Waals surface area contributed by atoms with Gasteiger partial charge in [-0.3, -0.25) is 10.1 Å². The maximum atomic E-state index is 13.5. The summed E-state index contributed by atoms with van der Waals surface area (Å²) in [5, 5.41) is 13.2. The number of allylic oxidation sites excluding steroid dienone is 4. The Balaban J connectivity index is 1.48. The van der Waals surface area contributed by atoms with E-state index in [9.17, 15) is 26.4 Å². The largest absolute Gasteiger partial charge is 0.431 e. The second kappa shape index (κ2) is 9.47. The van der Waals surface area contributed by atoms with E-state index in [1.807, 2.05) is 6.08 Å². The fourth-order valence-electron chi connectivity index (χ4n) is 4.16. The summed E-state index contributed by atoms with van der Waals surface area (Å²) in [6, 6.07) is 5.68. The number of amides is 1. The molecule has 1 aliphatic carbocycles. The highest BCUT2D eigenvalue weighted by molar-refractivity contribution is 7.89. The van der Waals surface area contributed by atoms with Crippen molar-refractivity contribution in [1.82, 2.24) is 20.9 Å². The molecule has 5 N–H and O–H groups in total. The molecule has 2 unspecified atom stereocenters. The van der Waals surface area contributed by atoms with Crippen LogP contribution in [0.25, 0.3) is 0 Å². The van der Waals surface area contributed by atoms with Gasteiger partial charge in [-0.2, -0.15) is 13.2 Å². The Morgan fingerprint density at radius 1 is 1.29 bits per heavy atom. The highest BCUT2D eigenvalue weighted by atomic mass is 32.2. The number of alkyl halides is 3. The highest BCUT2D eigenvalue weighted by Gasteiger charge is 2.37. The summed E-state index contributed by atoms with van der Waals surface area (Å²) in [5.41, 5.74) is 1.07. The molecule has 4 rings (SSSR count). The van der Waals surface area contributed by atoms with Crippen LogP contribution in [0.2, 0.25) is 0 Å². The molecule has 2 atom stereocenters. The topological polar surface area (TPSA) is 129 Å². The van der Waals surface area contributed by atoms with Crippen molar-refractivity contribution in [3.8, 4) is 0 Å². The molecule has 0 bridgehead atoms.